The van der Waals surface area contributed by atoms with Gasteiger partial charge in [-0.1, -0.05) is 56.3 Å². The maximum atomic E-state index is 3.72. The maximum absolute atomic E-state index is 3.72. The second-order valence-corrected chi connectivity index (χ2v) is 6.07. The molecular formula is C20H25N. The Balaban J connectivity index is 1.67. The van der Waals surface area contributed by atoms with Gasteiger partial charge in [0.1, 0.15) is 0 Å². The predicted octanol–water partition coefficient (Wildman–Crippen LogP) is 4.07. The van der Waals surface area contributed by atoms with Crippen LogP contribution in [0.15, 0.2) is 42.5 Å². The SMILES string of the molecule is CCc1cc2c(cc1CC)CC(NCc1ccccc1)C2. The summed E-state index contributed by atoms with van der Waals surface area (Å²) in [6.45, 7) is 5.50. The van der Waals surface area contributed by atoms with Gasteiger partial charge in [0.2, 0.25) is 0 Å². The van der Waals surface area contributed by atoms with Crippen molar-refractivity contribution in [2.24, 2.45) is 0 Å². The molecule has 0 saturated heterocycles. The summed E-state index contributed by atoms with van der Waals surface area (Å²) in [5.74, 6) is 0. The molecule has 1 aliphatic rings. The Kier molecular flexibility index (Phi) is 4.40. The molecule has 0 aliphatic heterocycles. The first-order valence-corrected chi connectivity index (χ1v) is 8.21. The van der Waals surface area contributed by atoms with Gasteiger partial charge in [0, 0.05) is 12.6 Å². The van der Waals surface area contributed by atoms with E-state index in [1.807, 2.05) is 0 Å². The standard InChI is InChI=1S/C20H25N/c1-3-16-10-18-12-20(13-19(18)11-17(16)4-2)21-14-15-8-6-5-7-9-15/h5-11,20-21H,3-4,12-14H2,1-2H3. The van der Waals surface area contributed by atoms with Crippen LogP contribution in [0.2, 0.25) is 0 Å². The van der Waals surface area contributed by atoms with Crippen molar-refractivity contribution in [2.45, 2.75) is 52.1 Å². The molecule has 2 aromatic rings. The molecule has 110 valence electrons. The molecule has 0 saturated carbocycles. The third-order valence-electron chi connectivity index (χ3n) is 4.65. The van der Waals surface area contributed by atoms with Crippen LogP contribution < -0.4 is 5.32 Å². The monoisotopic (exact) mass is 279 g/mol. The van der Waals surface area contributed by atoms with Gasteiger partial charge in [0.15, 0.2) is 0 Å². The highest BCUT2D eigenvalue weighted by Crippen LogP contribution is 2.27. The normalized spacial score (nSPS) is 14.4. The maximum Gasteiger partial charge on any atom is 0.0208 e. The summed E-state index contributed by atoms with van der Waals surface area (Å²) in [4.78, 5) is 0. The number of rotatable bonds is 5. The minimum Gasteiger partial charge on any atom is -0.309 e. The van der Waals surface area contributed by atoms with Crippen molar-refractivity contribution >= 4 is 0 Å². The lowest BCUT2D eigenvalue weighted by Crippen LogP contribution is -2.28. The van der Waals surface area contributed by atoms with Crippen LogP contribution in [0.5, 0.6) is 0 Å². The minimum atomic E-state index is 0.594. The van der Waals surface area contributed by atoms with Crippen LogP contribution in [0.1, 0.15) is 41.7 Å². The highest BCUT2D eigenvalue weighted by Gasteiger charge is 2.22. The smallest absolute Gasteiger partial charge is 0.0208 e. The van der Waals surface area contributed by atoms with Gasteiger partial charge in [0.05, 0.1) is 0 Å². The first-order chi connectivity index (χ1) is 10.3. The van der Waals surface area contributed by atoms with Gasteiger partial charge in [0.25, 0.3) is 0 Å². The Labute approximate surface area is 128 Å². The molecule has 0 heterocycles. The van der Waals surface area contributed by atoms with E-state index in [1.54, 1.807) is 22.3 Å². The van der Waals surface area contributed by atoms with Crippen molar-refractivity contribution in [2.75, 3.05) is 0 Å². The first-order valence-electron chi connectivity index (χ1n) is 8.21. The molecule has 0 radical (unpaired) electrons. The van der Waals surface area contributed by atoms with Crippen molar-refractivity contribution in [1.82, 2.24) is 5.32 Å². The fourth-order valence-electron chi connectivity index (χ4n) is 3.44. The average Bonchev–Trinajstić information content (AvgIpc) is 2.94. The number of fused-ring (bicyclic) bond motifs is 1. The average molecular weight is 279 g/mol. The summed E-state index contributed by atoms with van der Waals surface area (Å²) in [6.07, 6.45) is 4.66. The molecule has 0 aromatic heterocycles. The minimum absolute atomic E-state index is 0.594. The van der Waals surface area contributed by atoms with Crippen molar-refractivity contribution in [1.29, 1.82) is 0 Å². The highest BCUT2D eigenvalue weighted by atomic mass is 14.9. The second-order valence-electron chi connectivity index (χ2n) is 6.07. The van der Waals surface area contributed by atoms with E-state index in [9.17, 15) is 0 Å². The molecule has 0 bridgehead atoms. The molecule has 0 amide bonds. The van der Waals surface area contributed by atoms with Crippen molar-refractivity contribution in [3.63, 3.8) is 0 Å². The van der Waals surface area contributed by atoms with E-state index < -0.39 is 0 Å². The second kappa shape index (κ2) is 6.44. The van der Waals surface area contributed by atoms with Crippen molar-refractivity contribution < 1.29 is 0 Å². The largest absolute Gasteiger partial charge is 0.309 e. The van der Waals surface area contributed by atoms with Gasteiger partial charge >= 0.3 is 0 Å². The number of hydrogen-bond acceptors (Lipinski definition) is 1. The summed E-state index contributed by atoms with van der Waals surface area (Å²) in [6, 6.07) is 16.2. The summed E-state index contributed by atoms with van der Waals surface area (Å²) in [5, 5.41) is 3.72. The molecule has 0 unspecified atom stereocenters. The highest BCUT2D eigenvalue weighted by molar-refractivity contribution is 5.42. The zero-order valence-electron chi connectivity index (χ0n) is 13.2. The Bertz CT molecular complexity index is 568. The molecule has 1 heteroatoms. The van der Waals surface area contributed by atoms with Gasteiger partial charge in [-0.2, -0.15) is 0 Å². The first kappa shape index (κ1) is 14.3. The van der Waals surface area contributed by atoms with Crippen LogP contribution in [-0.4, -0.2) is 6.04 Å². The van der Waals surface area contributed by atoms with Gasteiger partial charge in [-0.3, -0.25) is 0 Å². The predicted molar refractivity (Wildman–Crippen MR) is 89.7 cm³/mol. The molecule has 0 spiro atoms. The summed E-state index contributed by atoms with van der Waals surface area (Å²) < 4.78 is 0. The number of hydrogen-bond donors (Lipinski definition) is 1. The third-order valence-corrected chi connectivity index (χ3v) is 4.65. The molecule has 2 aromatic carbocycles. The number of nitrogens with one attached hydrogen (secondary N) is 1. The Morgan fingerprint density at radius 2 is 1.48 bits per heavy atom. The van der Waals surface area contributed by atoms with Gasteiger partial charge in [-0.15, -0.1) is 0 Å². The van der Waals surface area contributed by atoms with Crippen LogP contribution in [0.4, 0.5) is 0 Å². The number of benzene rings is 2. The quantitative estimate of drug-likeness (QED) is 0.870. The van der Waals surface area contributed by atoms with Crippen LogP contribution >= 0.6 is 0 Å². The van der Waals surface area contributed by atoms with Crippen LogP contribution in [0.25, 0.3) is 0 Å². The molecule has 1 N–H and O–H groups in total. The Morgan fingerprint density at radius 3 is 2.00 bits per heavy atom. The zero-order valence-corrected chi connectivity index (χ0v) is 13.2. The van der Waals surface area contributed by atoms with E-state index in [1.165, 1.54) is 18.4 Å². The summed E-state index contributed by atoms with van der Waals surface area (Å²) >= 11 is 0. The zero-order chi connectivity index (χ0) is 14.7. The summed E-state index contributed by atoms with van der Waals surface area (Å²) in [5.41, 5.74) is 7.58. The van der Waals surface area contributed by atoms with E-state index in [2.05, 4.69) is 61.6 Å². The lowest BCUT2D eigenvalue weighted by Gasteiger charge is -2.11. The molecule has 0 atom stereocenters. The topological polar surface area (TPSA) is 12.0 Å². The molecule has 1 aliphatic carbocycles. The van der Waals surface area contributed by atoms with Crippen LogP contribution in [-0.2, 0) is 32.2 Å². The Morgan fingerprint density at radius 1 is 0.905 bits per heavy atom. The molecule has 3 rings (SSSR count). The molecule has 1 nitrogen and oxygen atoms in total. The van der Waals surface area contributed by atoms with Crippen LogP contribution in [0.3, 0.4) is 0 Å². The van der Waals surface area contributed by atoms with Crippen molar-refractivity contribution in [3.05, 3.63) is 70.3 Å². The number of aryl methyl sites for hydroxylation is 2. The molecular weight excluding hydrogens is 254 g/mol. The van der Waals surface area contributed by atoms with E-state index in [-0.39, 0.29) is 0 Å². The molecule has 21 heavy (non-hydrogen) atoms. The van der Waals surface area contributed by atoms with Crippen molar-refractivity contribution in [3.8, 4) is 0 Å². The van der Waals surface area contributed by atoms with Gasteiger partial charge in [-0.25, -0.2) is 0 Å². The third kappa shape index (κ3) is 3.19. The van der Waals surface area contributed by atoms with Gasteiger partial charge < -0.3 is 5.32 Å². The van der Waals surface area contributed by atoms with E-state index >= 15 is 0 Å². The lowest BCUT2D eigenvalue weighted by molar-refractivity contribution is 0.533. The van der Waals surface area contributed by atoms with Gasteiger partial charge in [-0.05, 0) is 53.5 Å². The fourth-order valence-corrected chi connectivity index (χ4v) is 3.44. The van der Waals surface area contributed by atoms with Crippen LogP contribution in [0, 0.1) is 0 Å². The lowest BCUT2D eigenvalue weighted by atomic mass is 9.97. The van der Waals surface area contributed by atoms with E-state index in [0.29, 0.717) is 6.04 Å². The fraction of sp³-hybridized carbons (Fsp3) is 0.400. The molecule has 0 fully saturated rings. The van der Waals surface area contributed by atoms with E-state index in [4.69, 9.17) is 0 Å². The van der Waals surface area contributed by atoms with E-state index in [0.717, 1.165) is 19.4 Å². The summed E-state index contributed by atoms with van der Waals surface area (Å²) in [7, 11) is 0. The Hall–Kier alpha value is -1.60.